The molecule has 1 fully saturated rings. The second-order valence-electron chi connectivity index (χ2n) is 4.67. The van der Waals surface area contributed by atoms with Gasteiger partial charge in [0.2, 0.25) is 0 Å². The van der Waals surface area contributed by atoms with E-state index < -0.39 is 4.92 Å². The smallest absolute Gasteiger partial charge is 0.294 e. The normalized spacial score (nSPS) is 24.0. The number of ether oxygens (including phenoxy) is 1. The molecule has 0 aliphatic carbocycles. The van der Waals surface area contributed by atoms with Crippen LogP contribution >= 0.6 is 0 Å². The molecule has 0 amide bonds. The average molecular weight is 251 g/mol. The molecular formula is C12H17N3O3. The lowest BCUT2D eigenvalue weighted by Gasteiger charge is -2.36. The number of benzene rings is 1. The first-order chi connectivity index (χ1) is 8.47. The molecule has 2 N–H and O–H groups in total. The molecule has 18 heavy (non-hydrogen) atoms. The highest BCUT2D eigenvalue weighted by Gasteiger charge is 2.27. The SMILES string of the molecule is C[C@@H]1CN(c2ccc(N)cc2[N+](=O)[O-])C[C@@H](C)O1. The predicted octanol–water partition coefficient (Wildman–Crippen LogP) is 1.79. The van der Waals surface area contributed by atoms with Crippen LogP contribution in [0.1, 0.15) is 13.8 Å². The Balaban J connectivity index is 2.35. The van der Waals surface area contributed by atoms with Crippen LogP contribution in [-0.4, -0.2) is 30.2 Å². The molecule has 6 heteroatoms. The molecule has 98 valence electrons. The van der Waals surface area contributed by atoms with Crippen molar-refractivity contribution in [3.63, 3.8) is 0 Å². The number of hydrogen-bond donors (Lipinski definition) is 1. The summed E-state index contributed by atoms with van der Waals surface area (Å²) in [6, 6.07) is 4.80. The van der Waals surface area contributed by atoms with Crippen molar-refractivity contribution >= 4 is 17.1 Å². The molecule has 0 radical (unpaired) electrons. The molecule has 0 saturated carbocycles. The van der Waals surface area contributed by atoms with Crippen LogP contribution in [0.3, 0.4) is 0 Å². The van der Waals surface area contributed by atoms with E-state index in [9.17, 15) is 10.1 Å². The zero-order valence-electron chi connectivity index (χ0n) is 10.5. The number of morpholine rings is 1. The van der Waals surface area contributed by atoms with E-state index in [4.69, 9.17) is 10.5 Å². The van der Waals surface area contributed by atoms with E-state index in [1.165, 1.54) is 6.07 Å². The zero-order chi connectivity index (χ0) is 13.3. The lowest BCUT2D eigenvalue weighted by molar-refractivity contribution is -0.384. The monoisotopic (exact) mass is 251 g/mol. The molecule has 0 aromatic heterocycles. The molecule has 2 rings (SSSR count). The Morgan fingerprint density at radius 3 is 2.56 bits per heavy atom. The van der Waals surface area contributed by atoms with Gasteiger partial charge in [0.05, 0.1) is 17.1 Å². The molecule has 2 atom stereocenters. The van der Waals surface area contributed by atoms with E-state index in [1.807, 2.05) is 18.7 Å². The van der Waals surface area contributed by atoms with Crippen LogP contribution in [0.2, 0.25) is 0 Å². The van der Waals surface area contributed by atoms with E-state index in [-0.39, 0.29) is 17.9 Å². The molecule has 6 nitrogen and oxygen atoms in total. The topological polar surface area (TPSA) is 81.6 Å². The van der Waals surface area contributed by atoms with Gasteiger partial charge in [-0.05, 0) is 26.0 Å². The van der Waals surface area contributed by atoms with Crippen LogP contribution in [0.15, 0.2) is 18.2 Å². The summed E-state index contributed by atoms with van der Waals surface area (Å²) in [7, 11) is 0. The third-order valence-electron chi connectivity index (χ3n) is 2.96. The highest BCUT2D eigenvalue weighted by atomic mass is 16.6. The van der Waals surface area contributed by atoms with Crippen molar-refractivity contribution in [3.05, 3.63) is 28.3 Å². The van der Waals surface area contributed by atoms with E-state index in [0.29, 0.717) is 24.5 Å². The van der Waals surface area contributed by atoms with E-state index in [2.05, 4.69) is 0 Å². The van der Waals surface area contributed by atoms with Gasteiger partial charge in [-0.15, -0.1) is 0 Å². The first kappa shape index (κ1) is 12.6. The van der Waals surface area contributed by atoms with Gasteiger partial charge in [0, 0.05) is 24.8 Å². The standard InChI is InChI=1S/C12H17N3O3/c1-8-6-14(7-9(2)18-8)11-4-3-10(13)5-12(11)15(16)17/h3-5,8-9H,6-7,13H2,1-2H3/t8-,9-/m1/s1. The Bertz CT molecular complexity index is 454. The molecule has 1 aliphatic rings. The fraction of sp³-hybridized carbons (Fsp3) is 0.500. The summed E-state index contributed by atoms with van der Waals surface area (Å²) < 4.78 is 5.63. The number of nitro benzene ring substituents is 1. The molecule has 0 spiro atoms. The molecule has 1 aliphatic heterocycles. The fourth-order valence-corrected chi connectivity index (χ4v) is 2.33. The fourth-order valence-electron chi connectivity index (χ4n) is 2.33. The Morgan fingerprint density at radius 1 is 1.39 bits per heavy atom. The van der Waals surface area contributed by atoms with Gasteiger partial charge in [-0.2, -0.15) is 0 Å². The number of rotatable bonds is 2. The van der Waals surface area contributed by atoms with Crippen molar-refractivity contribution < 1.29 is 9.66 Å². The summed E-state index contributed by atoms with van der Waals surface area (Å²) in [6.07, 6.45) is 0.122. The van der Waals surface area contributed by atoms with Gasteiger partial charge >= 0.3 is 0 Å². The van der Waals surface area contributed by atoms with Gasteiger partial charge in [-0.25, -0.2) is 0 Å². The molecule has 1 saturated heterocycles. The van der Waals surface area contributed by atoms with E-state index in [1.54, 1.807) is 12.1 Å². The second-order valence-corrected chi connectivity index (χ2v) is 4.67. The first-order valence-electron chi connectivity index (χ1n) is 5.91. The molecule has 1 heterocycles. The van der Waals surface area contributed by atoms with Crippen molar-refractivity contribution in [2.45, 2.75) is 26.1 Å². The third-order valence-corrected chi connectivity index (χ3v) is 2.96. The first-order valence-corrected chi connectivity index (χ1v) is 5.91. The van der Waals surface area contributed by atoms with Crippen LogP contribution in [-0.2, 0) is 4.74 Å². The maximum absolute atomic E-state index is 11.1. The predicted molar refractivity (Wildman–Crippen MR) is 69.7 cm³/mol. The summed E-state index contributed by atoms with van der Waals surface area (Å²) in [6.45, 7) is 5.22. The van der Waals surface area contributed by atoms with Gasteiger partial charge in [0.15, 0.2) is 0 Å². The van der Waals surface area contributed by atoms with Crippen LogP contribution in [0.5, 0.6) is 0 Å². The average Bonchev–Trinajstić information content (AvgIpc) is 2.27. The Hall–Kier alpha value is -1.82. The Morgan fingerprint density at radius 2 is 2.00 bits per heavy atom. The van der Waals surface area contributed by atoms with Gasteiger partial charge in [0.1, 0.15) is 5.69 Å². The van der Waals surface area contributed by atoms with E-state index >= 15 is 0 Å². The quantitative estimate of drug-likeness (QED) is 0.492. The van der Waals surface area contributed by atoms with Crippen LogP contribution in [0.4, 0.5) is 17.1 Å². The number of anilines is 2. The van der Waals surface area contributed by atoms with Crippen molar-refractivity contribution in [3.8, 4) is 0 Å². The molecule has 1 aromatic rings. The summed E-state index contributed by atoms with van der Waals surface area (Å²) in [5.41, 5.74) is 6.66. The molecular weight excluding hydrogens is 234 g/mol. The number of nitrogens with two attached hydrogens (primary N) is 1. The minimum Gasteiger partial charge on any atom is -0.399 e. The lowest BCUT2D eigenvalue weighted by atomic mass is 10.1. The highest BCUT2D eigenvalue weighted by Crippen LogP contribution is 2.32. The molecule has 0 bridgehead atoms. The summed E-state index contributed by atoms with van der Waals surface area (Å²) in [5, 5.41) is 11.1. The zero-order valence-corrected chi connectivity index (χ0v) is 10.5. The van der Waals surface area contributed by atoms with Crippen molar-refractivity contribution in [2.75, 3.05) is 23.7 Å². The maximum Gasteiger partial charge on any atom is 0.294 e. The van der Waals surface area contributed by atoms with Crippen LogP contribution in [0, 0.1) is 10.1 Å². The van der Waals surface area contributed by atoms with Crippen LogP contribution < -0.4 is 10.6 Å². The Kier molecular flexibility index (Phi) is 3.38. The molecule has 1 aromatic carbocycles. The maximum atomic E-state index is 11.1. The number of nitrogens with zero attached hydrogens (tertiary/aromatic N) is 2. The minimum absolute atomic E-state index is 0.0521. The number of nitrogen functional groups attached to an aromatic ring is 1. The van der Waals surface area contributed by atoms with Gasteiger partial charge in [-0.3, -0.25) is 10.1 Å². The lowest BCUT2D eigenvalue weighted by Crippen LogP contribution is -2.45. The summed E-state index contributed by atoms with van der Waals surface area (Å²) >= 11 is 0. The van der Waals surface area contributed by atoms with Crippen molar-refractivity contribution in [1.82, 2.24) is 0 Å². The van der Waals surface area contributed by atoms with Crippen LogP contribution in [0.25, 0.3) is 0 Å². The third kappa shape index (κ3) is 2.53. The molecule has 0 unspecified atom stereocenters. The van der Waals surface area contributed by atoms with Crippen molar-refractivity contribution in [2.24, 2.45) is 0 Å². The van der Waals surface area contributed by atoms with Gasteiger partial charge < -0.3 is 15.4 Å². The summed E-state index contributed by atoms with van der Waals surface area (Å²) in [4.78, 5) is 12.7. The Labute approximate surface area is 105 Å². The highest BCUT2D eigenvalue weighted by molar-refractivity contribution is 5.68. The van der Waals surface area contributed by atoms with Gasteiger partial charge in [-0.1, -0.05) is 0 Å². The minimum atomic E-state index is -0.392. The van der Waals surface area contributed by atoms with E-state index in [0.717, 1.165) is 0 Å². The summed E-state index contributed by atoms with van der Waals surface area (Å²) in [5.74, 6) is 0. The van der Waals surface area contributed by atoms with Gasteiger partial charge in [0.25, 0.3) is 5.69 Å². The number of nitro groups is 1. The van der Waals surface area contributed by atoms with Crippen molar-refractivity contribution in [1.29, 1.82) is 0 Å². The second kappa shape index (κ2) is 4.81. The largest absolute Gasteiger partial charge is 0.399 e. The number of hydrogen-bond acceptors (Lipinski definition) is 5.